The van der Waals surface area contributed by atoms with Gasteiger partial charge in [-0.2, -0.15) is 5.10 Å². The molecule has 0 aliphatic carbocycles. The van der Waals surface area contributed by atoms with Crippen LogP contribution in [0.2, 0.25) is 0 Å². The van der Waals surface area contributed by atoms with Crippen LogP contribution in [0.15, 0.2) is 54.2 Å². The van der Waals surface area contributed by atoms with E-state index in [4.69, 9.17) is 9.72 Å². The van der Waals surface area contributed by atoms with E-state index in [-0.39, 0.29) is 6.10 Å². The molecule has 6 heteroatoms. The van der Waals surface area contributed by atoms with Gasteiger partial charge in [0.1, 0.15) is 11.1 Å². The van der Waals surface area contributed by atoms with Crippen LogP contribution in [0.25, 0.3) is 11.3 Å². The van der Waals surface area contributed by atoms with Gasteiger partial charge >= 0.3 is 0 Å². The third-order valence-electron chi connectivity index (χ3n) is 4.22. The van der Waals surface area contributed by atoms with Gasteiger partial charge in [-0.15, -0.1) is 11.3 Å². The molecular weight excluding hydrogens is 320 g/mol. The van der Waals surface area contributed by atoms with E-state index in [0.717, 1.165) is 49.1 Å². The van der Waals surface area contributed by atoms with Gasteiger partial charge in [-0.25, -0.2) is 4.98 Å². The number of nitrogens with zero attached hydrogens (tertiary/aromatic N) is 4. The topological polar surface area (TPSA) is 43.2 Å². The first kappa shape index (κ1) is 15.5. The fraction of sp³-hybridized carbons (Fsp3) is 0.333. The van der Waals surface area contributed by atoms with Crippen LogP contribution in [0.5, 0.6) is 0 Å². The molecule has 1 atom stereocenters. The first-order chi connectivity index (χ1) is 11.9. The van der Waals surface area contributed by atoms with Gasteiger partial charge in [0.2, 0.25) is 0 Å². The summed E-state index contributed by atoms with van der Waals surface area (Å²) in [7, 11) is 0. The number of thiazole rings is 1. The quantitative estimate of drug-likeness (QED) is 0.716. The SMILES string of the molecule is c1ccc(-c2csc([C@@H]3CN(CCn4cccn4)CCO3)n2)cc1. The molecule has 1 saturated heterocycles. The fourth-order valence-corrected chi connectivity index (χ4v) is 3.78. The molecule has 0 unspecified atom stereocenters. The summed E-state index contributed by atoms with van der Waals surface area (Å²) in [6.45, 7) is 4.51. The van der Waals surface area contributed by atoms with Crippen LogP contribution in [-0.4, -0.2) is 45.9 Å². The second-order valence-electron chi connectivity index (χ2n) is 5.87. The standard InChI is InChI=1S/C18H20N4OS/c1-2-5-15(6-3-1)16-14-24-18(20-16)17-13-21(11-12-23-17)9-10-22-8-4-7-19-22/h1-8,14,17H,9-13H2/t17-/m0/s1. The molecular formula is C18H20N4OS. The Kier molecular flexibility index (Phi) is 4.69. The normalized spacial score (nSPS) is 18.8. The maximum atomic E-state index is 5.96. The van der Waals surface area contributed by atoms with Crippen molar-refractivity contribution in [1.82, 2.24) is 19.7 Å². The first-order valence-electron chi connectivity index (χ1n) is 8.21. The average Bonchev–Trinajstić information content (AvgIpc) is 3.33. The summed E-state index contributed by atoms with van der Waals surface area (Å²) in [5, 5.41) is 7.45. The summed E-state index contributed by atoms with van der Waals surface area (Å²) >= 11 is 1.69. The van der Waals surface area contributed by atoms with E-state index in [1.807, 2.05) is 41.3 Å². The van der Waals surface area contributed by atoms with Crippen LogP contribution in [0.4, 0.5) is 0 Å². The zero-order chi connectivity index (χ0) is 16.2. The number of hydrogen-bond donors (Lipinski definition) is 0. The summed E-state index contributed by atoms with van der Waals surface area (Å²) in [6, 6.07) is 12.3. The molecule has 0 amide bonds. The number of rotatable bonds is 5. The molecule has 0 spiro atoms. The molecule has 0 radical (unpaired) electrons. The summed E-state index contributed by atoms with van der Waals surface area (Å²) in [5.41, 5.74) is 2.19. The van der Waals surface area contributed by atoms with E-state index in [2.05, 4.69) is 27.5 Å². The Morgan fingerprint density at radius 1 is 1.17 bits per heavy atom. The third kappa shape index (κ3) is 3.56. The summed E-state index contributed by atoms with van der Waals surface area (Å²) < 4.78 is 7.94. The maximum absolute atomic E-state index is 5.96. The molecule has 3 aromatic rings. The van der Waals surface area contributed by atoms with Crippen LogP contribution in [0.1, 0.15) is 11.1 Å². The largest absolute Gasteiger partial charge is 0.368 e. The summed E-state index contributed by atoms with van der Waals surface area (Å²) in [4.78, 5) is 7.23. The van der Waals surface area contributed by atoms with Crippen molar-refractivity contribution in [2.45, 2.75) is 12.6 Å². The molecule has 2 aromatic heterocycles. The lowest BCUT2D eigenvalue weighted by molar-refractivity contribution is -0.0311. The van der Waals surface area contributed by atoms with Gasteiger partial charge in [0, 0.05) is 43.0 Å². The molecule has 1 aliphatic heterocycles. The van der Waals surface area contributed by atoms with E-state index in [1.54, 1.807) is 11.3 Å². The lowest BCUT2D eigenvalue weighted by Gasteiger charge is -2.31. The molecule has 3 heterocycles. The predicted molar refractivity (Wildman–Crippen MR) is 94.9 cm³/mol. The van der Waals surface area contributed by atoms with Crippen LogP contribution < -0.4 is 0 Å². The molecule has 0 bridgehead atoms. The minimum Gasteiger partial charge on any atom is -0.368 e. The smallest absolute Gasteiger partial charge is 0.124 e. The lowest BCUT2D eigenvalue weighted by atomic mass is 10.2. The van der Waals surface area contributed by atoms with Crippen LogP contribution >= 0.6 is 11.3 Å². The molecule has 0 saturated carbocycles. The van der Waals surface area contributed by atoms with Gasteiger partial charge in [-0.05, 0) is 6.07 Å². The highest BCUT2D eigenvalue weighted by Gasteiger charge is 2.24. The Balaban J connectivity index is 1.40. The zero-order valence-electron chi connectivity index (χ0n) is 13.4. The van der Waals surface area contributed by atoms with Crippen LogP contribution in [0.3, 0.4) is 0 Å². The molecule has 24 heavy (non-hydrogen) atoms. The second-order valence-corrected chi connectivity index (χ2v) is 6.76. The van der Waals surface area contributed by atoms with Gasteiger partial charge in [0.05, 0.1) is 18.8 Å². The van der Waals surface area contributed by atoms with Crippen molar-refractivity contribution in [1.29, 1.82) is 0 Å². The summed E-state index contributed by atoms with van der Waals surface area (Å²) in [5.74, 6) is 0. The number of ether oxygens (including phenoxy) is 1. The first-order valence-corrected chi connectivity index (χ1v) is 9.09. The van der Waals surface area contributed by atoms with Crippen molar-refractivity contribution < 1.29 is 4.74 Å². The molecule has 1 aliphatic rings. The number of benzene rings is 1. The van der Waals surface area contributed by atoms with Crippen molar-refractivity contribution >= 4 is 11.3 Å². The van der Waals surface area contributed by atoms with E-state index in [9.17, 15) is 0 Å². The minimum atomic E-state index is 0.0684. The zero-order valence-corrected chi connectivity index (χ0v) is 14.2. The highest BCUT2D eigenvalue weighted by atomic mass is 32.1. The van der Waals surface area contributed by atoms with Crippen molar-refractivity contribution in [3.8, 4) is 11.3 Å². The van der Waals surface area contributed by atoms with E-state index in [0.29, 0.717) is 0 Å². The maximum Gasteiger partial charge on any atom is 0.124 e. The monoisotopic (exact) mass is 340 g/mol. The van der Waals surface area contributed by atoms with Gasteiger partial charge in [-0.1, -0.05) is 30.3 Å². The average molecular weight is 340 g/mol. The second kappa shape index (κ2) is 7.25. The Hall–Kier alpha value is -2.02. The van der Waals surface area contributed by atoms with E-state index in [1.165, 1.54) is 0 Å². The van der Waals surface area contributed by atoms with Crippen molar-refractivity contribution in [3.05, 3.63) is 59.2 Å². The third-order valence-corrected chi connectivity index (χ3v) is 5.16. The minimum absolute atomic E-state index is 0.0684. The molecule has 1 fully saturated rings. The fourth-order valence-electron chi connectivity index (χ4n) is 2.91. The number of hydrogen-bond acceptors (Lipinski definition) is 5. The Morgan fingerprint density at radius 3 is 2.92 bits per heavy atom. The molecule has 0 N–H and O–H groups in total. The molecule has 124 valence electrons. The number of morpholine rings is 1. The van der Waals surface area contributed by atoms with Crippen LogP contribution in [0, 0.1) is 0 Å². The van der Waals surface area contributed by atoms with Gasteiger partial charge in [-0.3, -0.25) is 9.58 Å². The molecule has 5 nitrogen and oxygen atoms in total. The van der Waals surface area contributed by atoms with E-state index < -0.39 is 0 Å². The van der Waals surface area contributed by atoms with Crippen molar-refractivity contribution in [3.63, 3.8) is 0 Å². The van der Waals surface area contributed by atoms with E-state index >= 15 is 0 Å². The molecule has 1 aromatic carbocycles. The lowest BCUT2D eigenvalue weighted by Crippen LogP contribution is -2.40. The Morgan fingerprint density at radius 2 is 2.08 bits per heavy atom. The highest BCUT2D eigenvalue weighted by molar-refractivity contribution is 7.10. The van der Waals surface area contributed by atoms with Crippen molar-refractivity contribution in [2.75, 3.05) is 26.2 Å². The van der Waals surface area contributed by atoms with Gasteiger partial charge < -0.3 is 4.74 Å². The van der Waals surface area contributed by atoms with Gasteiger partial charge in [0.25, 0.3) is 0 Å². The van der Waals surface area contributed by atoms with Crippen molar-refractivity contribution in [2.24, 2.45) is 0 Å². The highest BCUT2D eigenvalue weighted by Crippen LogP contribution is 2.29. The molecule has 4 rings (SSSR count). The number of aromatic nitrogens is 3. The Labute approximate surface area is 145 Å². The Bertz CT molecular complexity index is 756. The van der Waals surface area contributed by atoms with Gasteiger partial charge in [0.15, 0.2) is 0 Å². The predicted octanol–water partition coefficient (Wildman–Crippen LogP) is 3.08. The summed E-state index contributed by atoms with van der Waals surface area (Å²) in [6.07, 6.45) is 3.90. The van der Waals surface area contributed by atoms with Crippen LogP contribution in [-0.2, 0) is 11.3 Å².